The zero-order chi connectivity index (χ0) is 14.8. The minimum Gasteiger partial charge on any atom is -0.480 e. The second-order valence-corrected chi connectivity index (χ2v) is 6.33. The van der Waals surface area contributed by atoms with Gasteiger partial charge >= 0.3 is 12.0 Å². The predicted octanol–water partition coefficient (Wildman–Crippen LogP) is 1.59. The number of carboxylic acids is 1. The van der Waals surface area contributed by atoms with Crippen LogP contribution < -0.4 is 5.32 Å². The van der Waals surface area contributed by atoms with Crippen LogP contribution in [-0.4, -0.2) is 52.8 Å². The highest BCUT2D eigenvalue weighted by Crippen LogP contribution is 2.29. The Morgan fingerprint density at radius 1 is 1.20 bits per heavy atom. The number of nitrogens with zero attached hydrogens (tertiary/aromatic N) is 1. The lowest BCUT2D eigenvalue weighted by molar-refractivity contribution is -0.150. The summed E-state index contributed by atoms with van der Waals surface area (Å²) in [6, 6.07) is -0.289. The van der Waals surface area contributed by atoms with E-state index in [4.69, 9.17) is 4.74 Å². The molecule has 114 valence electrons. The van der Waals surface area contributed by atoms with Crippen LogP contribution in [0.1, 0.15) is 46.0 Å². The van der Waals surface area contributed by atoms with Crippen LogP contribution in [0.25, 0.3) is 0 Å². The van der Waals surface area contributed by atoms with Gasteiger partial charge < -0.3 is 20.1 Å². The van der Waals surface area contributed by atoms with E-state index in [9.17, 15) is 14.7 Å². The van der Waals surface area contributed by atoms with Crippen molar-refractivity contribution in [2.75, 3.05) is 19.8 Å². The van der Waals surface area contributed by atoms with E-state index in [0.29, 0.717) is 19.6 Å². The predicted molar refractivity (Wildman–Crippen MR) is 73.6 cm³/mol. The smallest absolute Gasteiger partial charge is 0.329 e. The molecule has 6 nitrogen and oxygen atoms in total. The van der Waals surface area contributed by atoms with E-state index in [1.165, 1.54) is 4.90 Å². The van der Waals surface area contributed by atoms with Gasteiger partial charge in [0.25, 0.3) is 0 Å². The molecule has 2 aliphatic rings. The van der Waals surface area contributed by atoms with Gasteiger partial charge in [0.05, 0.1) is 12.1 Å². The molecule has 6 heteroatoms. The summed E-state index contributed by atoms with van der Waals surface area (Å²) in [7, 11) is 0. The third-order valence-corrected chi connectivity index (χ3v) is 4.44. The number of rotatable bonds is 2. The van der Waals surface area contributed by atoms with Gasteiger partial charge in [0.1, 0.15) is 5.54 Å². The number of hydrogen-bond donors (Lipinski definition) is 2. The van der Waals surface area contributed by atoms with Gasteiger partial charge in [0.15, 0.2) is 0 Å². The number of amides is 2. The summed E-state index contributed by atoms with van der Waals surface area (Å²) in [4.78, 5) is 25.5. The Kier molecular flexibility index (Phi) is 4.22. The van der Waals surface area contributed by atoms with Gasteiger partial charge in [-0.15, -0.1) is 0 Å². The van der Waals surface area contributed by atoms with Crippen molar-refractivity contribution in [3.8, 4) is 0 Å². The molecule has 0 bridgehead atoms. The molecule has 2 saturated heterocycles. The Bertz CT molecular complexity index is 393. The maximum atomic E-state index is 12.5. The highest BCUT2D eigenvalue weighted by atomic mass is 16.5. The van der Waals surface area contributed by atoms with Crippen LogP contribution >= 0.6 is 0 Å². The molecule has 0 saturated carbocycles. The molecule has 2 heterocycles. The van der Waals surface area contributed by atoms with Crippen LogP contribution in [0.5, 0.6) is 0 Å². The van der Waals surface area contributed by atoms with E-state index in [1.54, 1.807) is 6.92 Å². The largest absolute Gasteiger partial charge is 0.480 e. The number of likely N-dealkylation sites (tertiary alicyclic amines) is 1. The minimum absolute atomic E-state index is 0.289. The van der Waals surface area contributed by atoms with Crippen molar-refractivity contribution in [1.29, 1.82) is 0 Å². The molecule has 2 rings (SSSR count). The van der Waals surface area contributed by atoms with E-state index in [-0.39, 0.29) is 6.03 Å². The van der Waals surface area contributed by atoms with E-state index >= 15 is 0 Å². The highest BCUT2D eigenvalue weighted by molar-refractivity contribution is 5.86. The first-order valence-electron chi connectivity index (χ1n) is 7.28. The lowest BCUT2D eigenvalue weighted by atomic mass is 9.88. The normalized spacial score (nSPS) is 34.6. The molecule has 0 aromatic heterocycles. The van der Waals surface area contributed by atoms with E-state index < -0.39 is 17.0 Å². The fourth-order valence-corrected chi connectivity index (χ4v) is 3.03. The summed E-state index contributed by atoms with van der Waals surface area (Å²) in [5.41, 5.74) is -1.50. The van der Waals surface area contributed by atoms with Crippen molar-refractivity contribution in [2.24, 2.45) is 0 Å². The molecular formula is C14H24N2O4. The number of ether oxygens (including phenoxy) is 1. The molecule has 0 radical (unpaired) electrons. The van der Waals surface area contributed by atoms with E-state index in [1.807, 2.05) is 6.92 Å². The van der Waals surface area contributed by atoms with Crippen LogP contribution in [0.2, 0.25) is 0 Å². The lowest BCUT2D eigenvalue weighted by Crippen LogP contribution is -2.63. The second kappa shape index (κ2) is 5.60. The average Bonchev–Trinajstić information content (AvgIpc) is 2.39. The molecule has 2 unspecified atom stereocenters. The first kappa shape index (κ1) is 15.1. The Labute approximate surface area is 119 Å². The average molecular weight is 284 g/mol. The van der Waals surface area contributed by atoms with Gasteiger partial charge in [-0.2, -0.15) is 0 Å². The number of carbonyl (C=O) groups is 2. The zero-order valence-electron chi connectivity index (χ0n) is 12.3. The maximum absolute atomic E-state index is 12.5. The van der Waals surface area contributed by atoms with Gasteiger partial charge in [-0.05, 0) is 46.0 Å². The van der Waals surface area contributed by atoms with Crippen molar-refractivity contribution in [3.05, 3.63) is 0 Å². The van der Waals surface area contributed by atoms with Crippen LogP contribution in [-0.2, 0) is 9.53 Å². The fourth-order valence-electron chi connectivity index (χ4n) is 3.03. The summed E-state index contributed by atoms with van der Waals surface area (Å²) in [5.74, 6) is -0.933. The van der Waals surface area contributed by atoms with Crippen LogP contribution in [0.3, 0.4) is 0 Å². The number of piperidine rings is 1. The number of nitrogens with one attached hydrogen (secondary N) is 1. The number of hydrogen-bond acceptors (Lipinski definition) is 3. The molecule has 0 spiro atoms. The number of carbonyl (C=O) groups excluding carboxylic acids is 1. The Balaban J connectivity index is 2.08. The van der Waals surface area contributed by atoms with Gasteiger partial charge in [0.2, 0.25) is 0 Å². The molecular weight excluding hydrogens is 260 g/mol. The standard InChI is InChI=1S/C14H24N2O4/c1-13(6-5-9-20-10-13)15-12(19)16-8-4-3-7-14(16,2)11(17)18/h3-10H2,1-2H3,(H,15,19)(H,17,18). The lowest BCUT2D eigenvalue weighted by Gasteiger charge is -2.44. The molecule has 2 atom stereocenters. The Morgan fingerprint density at radius 3 is 2.55 bits per heavy atom. The third-order valence-electron chi connectivity index (χ3n) is 4.44. The third kappa shape index (κ3) is 2.90. The molecule has 2 aliphatic heterocycles. The first-order chi connectivity index (χ1) is 9.37. The number of aliphatic carboxylic acids is 1. The van der Waals surface area contributed by atoms with Crippen LogP contribution in [0, 0.1) is 0 Å². The zero-order valence-corrected chi connectivity index (χ0v) is 12.3. The molecule has 0 aliphatic carbocycles. The van der Waals surface area contributed by atoms with Crippen molar-refractivity contribution in [1.82, 2.24) is 10.2 Å². The molecule has 20 heavy (non-hydrogen) atoms. The highest BCUT2D eigenvalue weighted by Gasteiger charge is 2.45. The molecule has 2 amide bonds. The molecule has 2 N–H and O–H groups in total. The fraction of sp³-hybridized carbons (Fsp3) is 0.857. The summed E-state index contributed by atoms with van der Waals surface area (Å²) in [5, 5.41) is 12.4. The van der Waals surface area contributed by atoms with Gasteiger partial charge in [-0.25, -0.2) is 9.59 Å². The van der Waals surface area contributed by atoms with Gasteiger partial charge in [0, 0.05) is 13.2 Å². The number of urea groups is 1. The summed E-state index contributed by atoms with van der Waals surface area (Å²) >= 11 is 0. The second-order valence-electron chi connectivity index (χ2n) is 6.33. The Morgan fingerprint density at radius 2 is 1.95 bits per heavy atom. The van der Waals surface area contributed by atoms with Crippen molar-refractivity contribution in [3.63, 3.8) is 0 Å². The van der Waals surface area contributed by atoms with E-state index in [0.717, 1.165) is 32.3 Å². The number of carboxylic acid groups (broad SMARTS) is 1. The van der Waals surface area contributed by atoms with Crippen molar-refractivity contribution >= 4 is 12.0 Å². The topological polar surface area (TPSA) is 78.9 Å². The Hall–Kier alpha value is -1.30. The SMILES string of the molecule is CC1(NC(=O)N2CCCCC2(C)C(=O)O)CCCOC1. The summed E-state index contributed by atoms with van der Waals surface area (Å²) < 4.78 is 5.42. The first-order valence-corrected chi connectivity index (χ1v) is 7.28. The molecule has 0 aromatic rings. The molecule has 0 aromatic carbocycles. The van der Waals surface area contributed by atoms with Gasteiger partial charge in [-0.3, -0.25) is 0 Å². The van der Waals surface area contributed by atoms with E-state index in [2.05, 4.69) is 5.32 Å². The van der Waals surface area contributed by atoms with Gasteiger partial charge in [-0.1, -0.05) is 0 Å². The summed E-state index contributed by atoms with van der Waals surface area (Å²) in [6.45, 7) is 5.28. The monoisotopic (exact) mass is 284 g/mol. The summed E-state index contributed by atoms with van der Waals surface area (Å²) in [6.07, 6.45) is 3.96. The quantitative estimate of drug-likeness (QED) is 0.807. The van der Waals surface area contributed by atoms with Crippen LogP contribution in [0.4, 0.5) is 4.79 Å². The maximum Gasteiger partial charge on any atom is 0.329 e. The van der Waals surface area contributed by atoms with Crippen molar-refractivity contribution < 1.29 is 19.4 Å². The molecule has 2 fully saturated rings. The van der Waals surface area contributed by atoms with Crippen molar-refractivity contribution in [2.45, 2.75) is 57.0 Å². The minimum atomic E-state index is -1.10. The van der Waals surface area contributed by atoms with Crippen LogP contribution in [0.15, 0.2) is 0 Å².